The molecule has 1 aromatic rings. The van der Waals surface area contributed by atoms with E-state index >= 15 is 0 Å². The number of amides is 1. The molecular weight excluding hydrogens is 194 g/mol. The van der Waals surface area contributed by atoms with Gasteiger partial charge in [0.1, 0.15) is 0 Å². The Morgan fingerprint density at radius 3 is 2.43 bits per heavy atom. The lowest BCUT2D eigenvalue weighted by atomic mass is 10.3. The van der Waals surface area contributed by atoms with Gasteiger partial charge in [0.25, 0.3) is 5.91 Å². The minimum atomic E-state index is -0.0822. The van der Waals surface area contributed by atoms with Gasteiger partial charge in [-0.2, -0.15) is 0 Å². The maximum absolute atomic E-state index is 11.7. The van der Waals surface area contributed by atoms with E-state index in [2.05, 4.69) is 6.58 Å². The van der Waals surface area contributed by atoms with Gasteiger partial charge in [0, 0.05) is 17.7 Å². The molecule has 0 spiro atoms. The van der Waals surface area contributed by atoms with Crippen LogP contribution in [0.1, 0.15) is 6.42 Å². The van der Waals surface area contributed by atoms with Crippen LogP contribution in [0.5, 0.6) is 0 Å². The van der Waals surface area contributed by atoms with Crippen molar-refractivity contribution in [3.05, 3.63) is 42.5 Å². The van der Waals surface area contributed by atoms with Gasteiger partial charge >= 0.3 is 0 Å². The maximum atomic E-state index is 11.7. The largest absolute Gasteiger partial charge is 0.271 e. The quantitative estimate of drug-likeness (QED) is 0.515. The summed E-state index contributed by atoms with van der Waals surface area (Å²) in [5.41, 5.74) is 1.39. The number of nitrogens with zero attached hydrogens (tertiary/aromatic N) is 1. The molecule has 1 saturated heterocycles. The molecule has 70 valence electrons. The second-order valence-corrected chi connectivity index (χ2v) is 3.62. The van der Waals surface area contributed by atoms with E-state index in [9.17, 15) is 4.79 Å². The fourth-order valence-electron chi connectivity index (χ4n) is 1.45. The average Bonchev–Trinajstić information content (AvgIpc) is 2.43. The summed E-state index contributed by atoms with van der Waals surface area (Å²) in [6, 6.07) is 9.39. The Balaban J connectivity index is 2.41. The molecule has 0 saturated carbocycles. The molecule has 0 aromatic heterocycles. The summed E-state index contributed by atoms with van der Waals surface area (Å²) >= 11 is 5.12. The standard InChI is InChI=1S/C11H9NOS/c1-8-7-10(14)12(11(8)13)9-5-3-2-4-6-9/h2-6H,1,7H2. The first kappa shape index (κ1) is 9.09. The van der Waals surface area contributed by atoms with Crippen molar-refractivity contribution in [3.8, 4) is 0 Å². The summed E-state index contributed by atoms with van der Waals surface area (Å²) in [6.45, 7) is 3.68. The average molecular weight is 203 g/mol. The SMILES string of the molecule is C=C1CC(=S)N(c2ccccc2)C1=O. The molecule has 1 aliphatic rings. The zero-order chi connectivity index (χ0) is 10.1. The fourth-order valence-corrected chi connectivity index (χ4v) is 1.81. The highest BCUT2D eigenvalue weighted by Crippen LogP contribution is 2.25. The lowest BCUT2D eigenvalue weighted by Crippen LogP contribution is -2.27. The van der Waals surface area contributed by atoms with Crippen molar-refractivity contribution in [2.75, 3.05) is 4.90 Å². The highest BCUT2D eigenvalue weighted by molar-refractivity contribution is 7.80. The van der Waals surface area contributed by atoms with E-state index < -0.39 is 0 Å². The number of hydrogen-bond donors (Lipinski definition) is 0. The van der Waals surface area contributed by atoms with Gasteiger partial charge in [-0.25, -0.2) is 0 Å². The number of para-hydroxylation sites is 1. The van der Waals surface area contributed by atoms with Crippen molar-refractivity contribution in [1.82, 2.24) is 0 Å². The molecule has 14 heavy (non-hydrogen) atoms. The molecule has 1 amide bonds. The second-order valence-electron chi connectivity index (χ2n) is 3.15. The summed E-state index contributed by atoms with van der Waals surface area (Å²) in [4.78, 5) is 13.8. The maximum Gasteiger partial charge on any atom is 0.259 e. The van der Waals surface area contributed by atoms with E-state index in [4.69, 9.17) is 12.2 Å². The van der Waals surface area contributed by atoms with Crippen LogP contribution in [0, 0.1) is 0 Å². The van der Waals surface area contributed by atoms with Gasteiger partial charge in [0.05, 0.1) is 4.99 Å². The summed E-state index contributed by atoms with van der Waals surface area (Å²) < 4.78 is 0. The highest BCUT2D eigenvalue weighted by atomic mass is 32.1. The number of anilines is 1. The first-order valence-electron chi connectivity index (χ1n) is 4.30. The van der Waals surface area contributed by atoms with Gasteiger partial charge in [-0.05, 0) is 12.1 Å². The molecule has 2 nitrogen and oxygen atoms in total. The molecular formula is C11H9NOS. The van der Waals surface area contributed by atoms with Crippen LogP contribution in [0.4, 0.5) is 5.69 Å². The molecule has 1 fully saturated rings. The topological polar surface area (TPSA) is 20.3 Å². The van der Waals surface area contributed by atoms with Crippen LogP contribution in [0.2, 0.25) is 0 Å². The van der Waals surface area contributed by atoms with Crippen LogP contribution >= 0.6 is 12.2 Å². The Bertz CT molecular complexity index is 411. The summed E-state index contributed by atoms with van der Waals surface area (Å²) in [6.07, 6.45) is 0.503. The molecule has 2 rings (SSSR count). The van der Waals surface area contributed by atoms with Crippen LogP contribution in [-0.4, -0.2) is 10.9 Å². The van der Waals surface area contributed by atoms with Crippen LogP contribution in [0.15, 0.2) is 42.5 Å². The molecule has 0 N–H and O–H groups in total. The Kier molecular flexibility index (Phi) is 2.17. The van der Waals surface area contributed by atoms with Gasteiger partial charge in [0.15, 0.2) is 0 Å². The zero-order valence-electron chi connectivity index (χ0n) is 7.56. The number of rotatable bonds is 1. The van der Waals surface area contributed by atoms with E-state index in [1.807, 2.05) is 30.3 Å². The highest BCUT2D eigenvalue weighted by Gasteiger charge is 2.30. The van der Waals surface area contributed by atoms with Gasteiger partial charge in [-0.15, -0.1) is 0 Å². The fraction of sp³-hybridized carbons (Fsp3) is 0.0909. The summed E-state index contributed by atoms with van der Waals surface area (Å²) in [5, 5.41) is 0. The lowest BCUT2D eigenvalue weighted by Gasteiger charge is -2.14. The van der Waals surface area contributed by atoms with E-state index in [-0.39, 0.29) is 5.91 Å². The first-order valence-corrected chi connectivity index (χ1v) is 4.71. The number of hydrogen-bond acceptors (Lipinski definition) is 2. The van der Waals surface area contributed by atoms with Gasteiger partial charge in [0.2, 0.25) is 0 Å². The van der Waals surface area contributed by atoms with E-state index in [0.29, 0.717) is 17.0 Å². The molecule has 1 heterocycles. The Morgan fingerprint density at radius 2 is 1.93 bits per heavy atom. The minimum absolute atomic E-state index is 0.0822. The van der Waals surface area contributed by atoms with Crippen LogP contribution in [0.25, 0.3) is 0 Å². The Morgan fingerprint density at radius 1 is 1.29 bits per heavy atom. The van der Waals surface area contributed by atoms with Crippen LogP contribution in [0.3, 0.4) is 0 Å². The van der Waals surface area contributed by atoms with Crippen LogP contribution in [-0.2, 0) is 4.79 Å². The predicted molar refractivity (Wildman–Crippen MR) is 60.3 cm³/mol. The Hall–Kier alpha value is -1.48. The zero-order valence-corrected chi connectivity index (χ0v) is 8.38. The number of thiocarbonyl (C=S) groups is 1. The summed E-state index contributed by atoms with van der Waals surface area (Å²) in [7, 11) is 0. The van der Waals surface area contributed by atoms with E-state index in [1.54, 1.807) is 0 Å². The third-order valence-electron chi connectivity index (χ3n) is 2.13. The van der Waals surface area contributed by atoms with Gasteiger partial charge < -0.3 is 0 Å². The smallest absolute Gasteiger partial charge is 0.259 e. The van der Waals surface area contributed by atoms with Crippen molar-refractivity contribution >= 4 is 28.8 Å². The first-order chi connectivity index (χ1) is 6.70. The molecule has 1 aliphatic heterocycles. The van der Waals surface area contributed by atoms with E-state index in [0.717, 1.165) is 5.69 Å². The lowest BCUT2D eigenvalue weighted by molar-refractivity contribution is -0.113. The molecule has 0 atom stereocenters. The molecule has 0 aliphatic carbocycles. The Labute approximate surface area is 87.8 Å². The van der Waals surface area contributed by atoms with E-state index in [1.165, 1.54) is 4.90 Å². The molecule has 0 radical (unpaired) electrons. The van der Waals surface area contributed by atoms with Crippen molar-refractivity contribution in [3.63, 3.8) is 0 Å². The molecule has 0 bridgehead atoms. The molecule has 0 unspecified atom stereocenters. The third kappa shape index (κ3) is 1.36. The van der Waals surface area contributed by atoms with Crippen molar-refractivity contribution in [2.24, 2.45) is 0 Å². The number of benzene rings is 1. The number of carbonyl (C=O) groups excluding carboxylic acids is 1. The van der Waals surface area contributed by atoms with Crippen molar-refractivity contribution < 1.29 is 4.79 Å². The molecule has 1 aromatic carbocycles. The summed E-state index contributed by atoms with van der Waals surface area (Å²) in [5.74, 6) is -0.0822. The van der Waals surface area contributed by atoms with Gasteiger partial charge in [-0.1, -0.05) is 37.0 Å². The van der Waals surface area contributed by atoms with Gasteiger partial charge in [-0.3, -0.25) is 9.69 Å². The second kappa shape index (κ2) is 3.35. The minimum Gasteiger partial charge on any atom is -0.271 e. The predicted octanol–water partition coefficient (Wildman–Crippen LogP) is 2.31. The van der Waals surface area contributed by atoms with Crippen molar-refractivity contribution in [1.29, 1.82) is 0 Å². The number of carbonyl (C=O) groups is 1. The van der Waals surface area contributed by atoms with Crippen molar-refractivity contribution in [2.45, 2.75) is 6.42 Å². The normalized spacial score (nSPS) is 16.6. The molecule has 3 heteroatoms. The van der Waals surface area contributed by atoms with Crippen LogP contribution < -0.4 is 4.90 Å². The third-order valence-corrected chi connectivity index (χ3v) is 2.46. The monoisotopic (exact) mass is 203 g/mol.